The van der Waals surface area contributed by atoms with Crippen LogP contribution in [0.15, 0.2) is 22.2 Å². The number of aliphatic hydroxyl groups is 2. The first-order valence-electron chi connectivity index (χ1n) is 11.4. The van der Waals surface area contributed by atoms with E-state index in [1.807, 2.05) is 0 Å². The summed E-state index contributed by atoms with van der Waals surface area (Å²) >= 11 is 0. The summed E-state index contributed by atoms with van der Waals surface area (Å²) in [6.45, 7) is -1.81. The van der Waals surface area contributed by atoms with Crippen molar-refractivity contribution in [3.05, 3.63) is 33.5 Å². The number of phosphoric ester groups is 1. The van der Waals surface area contributed by atoms with Crippen LogP contribution in [0.2, 0.25) is 0 Å². The Morgan fingerprint density at radius 2 is 1.75 bits per heavy atom. The van der Waals surface area contributed by atoms with Crippen LogP contribution < -0.4 is 22.7 Å². The van der Waals surface area contributed by atoms with Gasteiger partial charge in [-0.1, -0.05) is 0 Å². The largest absolute Gasteiger partial charge is 0.472 e. The highest BCUT2D eigenvalue weighted by Gasteiger charge is 2.51. The molecule has 0 bridgehead atoms. The number of H-pyrrole nitrogens is 1. The number of imidazole rings is 1. The minimum Gasteiger partial charge on any atom is -0.394 e. The number of aromatic amines is 1. The number of aliphatic hydroxyl groups excluding tert-OH is 2. The fraction of sp³-hybridized carbons (Fsp3) is 0.556. The zero-order chi connectivity index (χ0) is 28.9. The second kappa shape index (κ2) is 10.5. The number of fused-ring (bicyclic) bond motifs is 1. The van der Waals surface area contributed by atoms with Gasteiger partial charge in [-0.2, -0.15) is 9.97 Å². The number of nitrogen functional groups attached to an aromatic ring is 2. The van der Waals surface area contributed by atoms with Gasteiger partial charge in [-0.3, -0.25) is 28.0 Å². The molecule has 5 rings (SSSR count). The van der Waals surface area contributed by atoms with Gasteiger partial charge in [0.05, 0.1) is 19.5 Å². The van der Waals surface area contributed by atoms with E-state index in [0.29, 0.717) is 4.57 Å². The van der Waals surface area contributed by atoms with Crippen LogP contribution in [0, 0.1) is 0 Å². The molecule has 218 valence electrons. The van der Waals surface area contributed by atoms with Crippen LogP contribution in [0.1, 0.15) is 12.5 Å². The maximum absolute atomic E-state index is 15.2. The molecular formula is C18H22F2N9O10P. The van der Waals surface area contributed by atoms with E-state index in [9.17, 15) is 33.7 Å². The second-order valence-corrected chi connectivity index (χ2v) is 10.1. The van der Waals surface area contributed by atoms with Crippen molar-refractivity contribution in [3.8, 4) is 0 Å². The van der Waals surface area contributed by atoms with E-state index < -0.39 is 87.4 Å². The van der Waals surface area contributed by atoms with Crippen molar-refractivity contribution in [1.29, 1.82) is 0 Å². The minimum absolute atomic E-state index is 0.149. The highest BCUT2D eigenvalue weighted by Crippen LogP contribution is 2.49. The molecule has 2 aliphatic rings. The number of phosphoric acid groups is 1. The average Bonchev–Trinajstić information content (AvgIpc) is 3.53. The van der Waals surface area contributed by atoms with Crippen molar-refractivity contribution in [3.63, 3.8) is 0 Å². The van der Waals surface area contributed by atoms with Crippen molar-refractivity contribution in [1.82, 2.24) is 34.1 Å². The van der Waals surface area contributed by atoms with Gasteiger partial charge in [0.25, 0.3) is 5.56 Å². The molecule has 9 atom stereocenters. The molecule has 3 aromatic heterocycles. The Bertz CT molecular complexity index is 1570. The van der Waals surface area contributed by atoms with E-state index in [4.69, 9.17) is 30.0 Å². The molecule has 2 aliphatic heterocycles. The summed E-state index contributed by atoms with van der Waals surface area (Å²) in [5.41, 5.74) is 8.75. The zero-order valence-electron chi connectivity index (χ0n) is 19.9. The quantitative estimate of drug-likeness (QED) is 0.144. The topological polar surface area (TPSA) is 278 Å². The summed E-state index contributed by atoms with van der Waals surface area (Å²) in [4.78, 5) is 51.0. The molecule has 2 fully saturated rings. The van der Waals surface area contributed by atoms with Crippen LogP contribution in [0.25, 0.3) is 11.2 Å². The van der Waals surface area contributed by atoms with Crippen molar-refractivity contribution in [2.24, 2.45) is 0 Å². The molecule has 4 unspecified atom stereocenters. The van der Waals surface area contributed by atoms with Crippen molar-refractivity contribution in [2.45, 2.75) is 49.2 Å². The third-order valence-electron chi connectivity index (χ3n) is 6.14. The minimum atomic E-state index is -5.17. The van der Waals surface area contributed by atoms with Gasteiger partial charge < -0.3 is 36.0 Å². The van der Waals surface area contributed by atoms with Crippen LogP contribution in [-0.2, 0) is 23.1 Å². The van der Waals surface area contributed by atoms with Gasteiger partial charge in [0.2, 0.25) is 11.9 Å². The first-order chi connectivity index (χ1) is 18.9. The highest BCUT2D eigenvalue weighted by atomic mass is 31.2. The van der Waals surface area contributed by atoms with Gasteiger partial charge in [0, 0.05) is 0 Å². The molecule has 22 heteroatoms. The molecule has 2 saturated heterocycles. The van der Waals surface area contributed by atoms with E-state index >= 15 is 4.39 Å². The number of alkyl halides is 2. The standard InChI is InChI=1S/C18H22F2N9O10P/c19-7-10(31)6(38-14(7)28-3-23-9-12(28)25-17(22)26-13(9)32)2-36-40(34,35)39-11-5(1-30)37-15(8(11)20)29-4-24-16(21)27-18(29)33/h3-8,10-11,14-15,30-31H,1-2H2,(H,34,35)(H2,21,27,33)(H3,22,25,26,32)/t5-,6-,7?,8+,10?,11?,14-,15-/m1/s1. The number of halogens is 2. The lowest BCUT2D eigenvalue weighted by atomic mass is 10.1. The van der Waals surface area contributed by atoms with E-state index in [1.165, 1.54) is 0 Å². The molecule has 0 amide bonds. The first-order valence-corrected chi connectivity index (χ1v) is 12.9. The van der Waals surface area contributed by atoms with Gasteiger partial charge >= 0.3 is 13.5 Å². The summed E-state index contributed by atoms with van der Waals surface area (Å²) in [6, 6.07) is 0. The molecule has 0 aliphatic carbocycles. The molecule has 0 saturated carbocycles. The van der Waals surface area contributed by atoms with Crippen LogP contribution in [0.3, 0.4) is 0 Å². The summed E-state index contributed by atoms with van der Waals surface area (Å²) in [5, 5.41) is 19.9. The Balaban J connectivity index is 1.27. The van der Waals surface area contributed by atoms with Gasteiger partial charge in [0.15, 0.2) is 36.0 Å². The van der Waals surface area contributed by atoms with Gasteiger partial charge in [-0.25, -0.2) is 28.1 Å². The molecule has 0 aromatic carbocycles. The summed E-state index contributed by atoms with van der Waals surface area (Å²) < 4.78 is 64.7. The smallest absolute Gasteiger partial charge is 0.394 e. The molecular weight excluding hydrogens is 571 g/mol. The van der Waals surface area contributed by atoms with Crippen molar-refractivity contribution in [2.75, 3.05) is 24.7 Å². The fourth-order valence-electron chi connectivity index (χ4n) is 4.27. The maximum atomic E-state index is 15.2. The molecule has 19 nitrogen and oxygen atoms in total. The number of nitrogens with zero attached hydrogens (tertiary/aromatic N) is 6. The summed E-state index contributed by atoms with van der Waals surface area (Å²) in [6.07, 6.45) is -12.8. The molecule has 0 radical (unpaired) electrons. The summed E-state index contributed by atoms with van der Waals surface area (Å²) in [7, 11) is -5.17. The number of aromatic nitrogens is 7. The molecule has 8 N–H and O–H groups in total. The lowest BCUT2D eigenvalue weighted by Gasteiger charge is -2.22. The third kappa shape index (κ3) is 5.08. The predicted octanol–water partition coefficient (Wildman–Crippen LogP) is -2.74. The maximum Gasteiger partial charge on any atom is 0.472 e. The first kappa shape index (κ1) is 28.1. The van der Waals surface area contributed by atoms with Gasteiger partial charge in [0.1, 0.15) is 30.7 Å². The Labute approximate surface area is 219 Å². The Morgan fingerprint density at radius 1 is 1.07 bits per heavy atom. The molecule has 40 heavy (non-hydrogen) atoms. The number of nitrogens with two attached hydrogens (primary N) is 2. The van der Waals surface area contributed by atoms with E-state index in [2.05, 4.69) is 24.9 Å². The van der Waals surface area contributed by atoms with Crippen LogP contribution in [-0.4, -0.2) is 99.1 Å². The van der Waals surface area contributed by atoms with Crippen LogP contribution >= 0.6 is 7.82 Å². The lowest BCUT2D eigenvalue weighted by molar-refractivity contribution is -0.0576. The zero-order valence-corrected chi connectivity index (χ0v) is 20.8. The Morgan fingerprint density at radius 3 is 2.45 bits per heavy atom. The van der Waals surface area contributed by atoms with Gasteiger partial charge in [-0.05, 0) is 0 Å². The monoisotopic (exact) mass is 593 g/mol. The van der Waals surface area contributed by atoms with Gasteiger partial charge in [-0.15, -0.1) is 0 Å². The van der Waals surface area contributed by atoms with E-state index in [-0.39, 0.29) is 17.1 Å². The highest BCUT2D eigenvalue weighted by molar-refractivity contribution is 7.47. The SMILES string of the molecule is Nc1ncn([C@@H]2O[C@H](CO)C(OP(=O)(O)OC[C@H]3O[C@@H](n4cnc5c(=O)[nH]c(N)nc54)C(F)C3O)[C@@H]2F)c(=O)n1. The second-order valence-electron chi connectivity index (χ2n) is 8.71. The number of hydrogen-bond donors (Lipinski definition) is 6. The van der Waals surface area contributed by atoms with E-state index in [0.717, 1.165) is 17.2 Å². The molecule has 3 aromatic rings. The average molecular weight is 593 g/mol. The van der Waals surface area contributed by atoms with Crippen molar-refractivity contribution >= 4 is 30.9 Å². The number of rotatable bonds is 8. The Kier molecular flexibility index (Phi) is 7.39. The van der Waals surface area contributed by atoms with Crippen LogP contribution in [0.5, 0.6) is 0 Å². The number of anilines is 2. The van der Waals surface area contributed by atoms with Crippen molar-refractivity contribution < 1.29 is 47.0 Å². The number of hydrogen-bond acceptors (Lipinski definition) is 15. The lowest BCUT2D eigenvalue weighted by Crippen LogP contribution is -2.36. The van der Waals surface area contributed by atoms with Crippen LogP contribution in [0.4, 0.5) is 20.7 Å². The summed E-state index contributed by atoms with van der Waals surface area (Å²) in [5.74, 6) is -0.676. The normalized spacial score (nSPS) is 32.0. The Hall–Kier alpha value is -3.43. The number of ether oxygens (including phenoxy) is 2. The molecule has 5 heterocycles. The number of nitrogens with one attached hydrogen (secondary N) is 1. The fourth-order valence-corrected chi connectivity index (χ4v) is 5.22. The predicted molar refractivity (Wildman–Crippen MR) is 125 cm³/mol. The van der Waals surface area contributed by atoms with E-state index in [1.54, 1.807) is 0 Å². The molecule has 0 spiro atoms. The third-order valence-corrected chi connectivity index (χ3v) is 7.13.